The summed E-state index contributed by atoms with van der Waals surface area (Å²) in [5.74, 6) is -0.0511. The Hall–Kier alpha value is -1.86. The minimum absolute atomic E-state index is 0.0511. The molecule has 0 saturated carbocycles. The van der Waals surface area contributed by atoms with Crippen molar-refractivity contribution in [2.24, 2.45) is 0 Å². The van der Waals surface area contributed by atoms with E-state index in [1.807, 2.05) is 6.92 Å². The molecule has 0 heterocycles. The maximum absolute atomic E-state index is 11.3. The molecule has 1 rings (SSSR count). The van der Waals surface area contributed by atoms with Gasteiger partial charge in [0.25, 0.3) is 0 Å². The third kappa shape index (κ3) is 3.57. The van der Waals surface area contributed by atoms with Gasteiger partial charge in [0.2, 0.25) is 0 Å². The number of anilines is 1. The summed E-state index contributed by atoms with van der Waals surface area (Å²) in [6, 6.07) is 6.95. The highest BCUT2D eigenvalue weighted by Crippen LogP contribution is 2.19. The van der Waals surface area contributed by atoms with Gasteiger partial charge in [-0.15, -0.1) is 0 Å². The van der Waals surface area contributed by atoms with Crippen molar-refractivity contribution in [3.63, 3.8) is 0 Å². The number of hydrogen-bond donors (Lipinski definition) is 2. The summed E-state index contributed by atoms with van der Waals surface area (Å²) in [4.78, 5) is 11.3. The van der Waals surface area contributed by atoms with Crippen molar-refractivity contribution in [1.82, 2.24) is 0 Å². The summed E-state index contributed by atoms with van der Waals surface area (Å²) < 4.78 is 0. The van der Waals surface area contributed by atoms with E-state index < -0.39 is 5.60 Å². The SMILES string of the molecule is CCC(C)(O)CNc1cc(C(C)=O)ccc1C#N. The quantitative estimate of drug-likeness (QED) is 0.782. The Labute approximate surface area is 107 Å². The van der Waals surface area contributed by atoms with E-state index >= 15 is 0 Å². The van der Waals surface area contributed by atoms with Gasteiger partial charge in [0.15, 0.2) is 5.78 Å². The molecule has 0 bridgehead atoms. The first kappa shape index (κ1) is 14.2. The zero-order valence-corrected chi connectivity index (χ0v) is 10.9. The van der Waals surface area contributed by atoms with Gasteiger partial charge < -0.3 is 10.4 Å². The first-order valence-electron chi connectivity index (χ1n) is 5.91. The summed E-state index contributed by atoms with van der Waals surface area (Å²) in [6.07, 6.45) is 0.605. The number of rotatable bonds is 5. The predicted molar refractivity (Wildman–Crippen MR) is 70.6 cm³/mol. The monoisotopic (exact) mass is 246 g/mol. The highest BCUT2D eigenvalue weighted by atomic mass is 16.3. The number of nitriles is 1. The van der Waals surface area contributed by atoms with Crippen LogP contribution in [0.4, 0.5) is 5.69 Å². The van der Waals surface area contributed by atoms with Crippen LogP contribution in [0.5, 0.6) is 0 Å². The van der Waals surface area contributed by atoms with Crippen LogP contribution in [0.3, 0.4) is 0 Å². The van der Waals surface area contributed by atoms with Gasteiger partial charge in [-0.25, -0.2) is 0 Å². The number of nitrogens with zero attached hydrogens (tertiary/aromatic N) is 1. The lowest BCUT2D eigenvalue weighted by Gasteiger charge is -2.22. The Kier molecular flexibility index (Phi) is 4.46. The lowest BCUT2D eigenvalue weighted by molar-refractivity contribution is 0.0697. The van der Waals surface area contributed by atoms with Gasteiger partial charge in [0, 0.05) is 12.1 Å². The van der Waals surface area contributed by atoms with E-state index in [-0.39, 0.29) is 5.78 Å². The fourth-order valence-corrected chi connectivity index (χ4v) is 1.42. The number of aliphatic hydroxyl groups is 1. The molecule has 1 aromatic carbocycles. The number of hydrogen-bond acceptors (Lipinski definition) is 4. The highest BCUT2D eigenvalue weighted by molar-refractivity contribution is 5.95. The van der Waals surface area contributed by atoms with Crippen LogP contribution in [0, 0.1) is 11.3 Å². The molecule has 4 nitrogen and oxygen atoms in total. The van der Waals surface area contributed by atoms with Crippen molar-refractivity contribution >= 4 is 11.5 Å². The second-order valence-corrected chi connectivity index (χ2v) is 4.63. The predicted octanol–water partition coefficient (Wildman–Crippen LogP) is 2.33. The lowest BCUT2D eigenvalue weighted by Crippen LogP contribution is -2.32. The topological polar surface area (TPSA) is 73.1 Å². The average Bonchev–Trinajstić information content (AvgIpc) is 2.36. The van der Waals surface area contributed by atoms with Crippen molar-refractivity contribution in [2.45, 2.75) is 32.8 Å². The van der Waals surface area contributed by atoms with Crippen molar-refractivity contribution in [1.29, 1.82) is 5.26 Å². The number of carbonyl (C=O) groups excluding carboxylic acids is 1. The minimum Gasteiger partial charge on any atom is -0.388 e. The number of nitrogens with one attached hydrogen (secondary N) is 1. The fraction of sp³-hybridized carbons (Fsp3) is 0.429. The summed E-state index contributed by atoms with van der Waals surface area (Å²) in [5.41, 5.74) is 0.761. The van der Waals surface area contributed by atoms with Crippen molar-refractivity contribution < 1.29 is 9.90 Å². The largest absolute Gasteiger partial charge is 0.388 e. The molecule has 4 heteroatoms. The van der Waals surface area contributed by atoms with Crippen LogP contribution < -0.4 is 5.32 Å². The van der Waals surface area contributed by atoms with Gasteiger partial charge in [-0.2, -0.15) is 5.26 Å². The van der Waals surface area contributed by atoms with Gasteiger partial charge in [-0.3, -0.25) is 4.79 Å². The molecule has 0 radical (unpaired) electrons. The molecule has 1 aromatic rings. The van der Waals surface area contributed by atoms with E-state index in [9.17, 15) is 9.90 Å². The maximum Gasteiger partial charge on any atom is 0.159 e. The lowest BCUT2D eigenvalue weighted by atomic mass is 10.0. The first-order valence-corrected chi connectivity index (χ1v) is 5.91. The molecule has 1 atom stereocenters. The summed E-state index contributed by atoms with van der Waals surface area (Å²) in [7, 11) is 0. The second-order valence-electron chi connectivity index (χ2n) is 4.63. The van der Waals surface area contributed by atoms with Crippen LogP contribution in [-0.4, -0.2) is 23.0 Å². The normalized spacial score (nSPS) is 13.5. The first-order chi connectivity index (χ1) is 8.39. The van der Waals surface area contributed by atoms with E-state index in [2.05, 4.69) is 11.4 Å². The molecule has 0 saturated heterocycles. The average molecular weight is 246 g/mol. The van der Waals surface area contributed by atoms with Crippen LogP contribution in [0.2, 0.25) is 0 Å². The molecule has 0 amide bonds. The highest BCUT2D eigenvalue weighted by Gasteiger charge is 2.17. The van der Waals surface area contributed by atoms with Crippen molar-refractivity contribution in [2.75, 3.05) is 11.9 Å². The van der Waals surface area contributed by atoms with Crippen LogP contribution in [0.1, 0.15) is 43.1 Å². The third-order valence-corrected chi connectivity index (χ3v) is 2.97. The third-order valence-electron chi connectivity index (χ3n) is 2.97. The van der Waals surface area contributed by atoms with E-state index in [0.717, 1.165) is 0 Å². The van der Waals surface area contributed by atoms with Crippen LogP contribution >= 0.6 is 0 Å². The van der Waals surface area contributed by atoms with Crippen LogP contribution in [0.15, 0.2) is 18.2 Å². The Morgan fingerprint density at radius 3 is 2.72 bits per heavy atom. The Morgan fingerprint density at radius 1 is 1.56 bits per heavy atom. The molecule has 0 spiro atoms. The Morgan fingerprint density at radius 2 is 2.22 bits per heavy atom. The summed E-state index contributed by atoms with van der Waals surface area (Å²) in [6.45, 7) is 5.42. The number of ketones is 1. The van der Waals surface area contributed by atoms with E-state index in [4.69, 9.17) is 5.26 Å². The smallest absolute Gasteiger partial charge is 0.159 e. The number of benzene rings is 1. The molecule has 0 aliphatic rings. The Balaban J connectivity index is 2.96. The summed E-state index contributed by atoms with van der Waals surface area (Å²) in [5, 5.41) is 21.9. The molecule has 0 aliphatic carbocycles. The molecule has 1 unspecified atom stereocenters. The zero-order chi connectivity index (χ0) is 13.8. The molecule has 18 heavy (non-hydrogen) atoms. The molecule has 96 valence electrons. The Bertz CT molecular complexity index is 487. The van der Waals surface area contributed by atoms with Crippen molar-refractivity contribution in [3.05, 3.63) is 29.3 Å². The number of Topliss-reactive ketones (excluding diaryl/α,β-unsaturated/α-hetero) is 1. The van der Waals surface area contributed by atoms with Gasteiger partial charge in [0.1, 0.15) is 6.07 Å². The van der Waals surface area contributed by atoms with Crippen LogP contribution in [-0.2, 0) is 0 Å². The fourth-order valence-electron chi connectivity index (χ4n) is 1.42. The van der Waals surface area contributed by atoms with Gasteiger partial charge >= 0.3 is 0 Å². The van der Waals surface area contributed by atoms with Crippen LogP contribution in [0.25, 0.3) is 0 Å². The van der Waals surface area contributed by atoms with Crippen molar-refractivity contribution in [3.8, 4) is 6.07 Å². The van der Waals surface area contributed by atoms with E-state index in [0.29, 0.717) is 29.8 Å². The maximum atomic E-state index is 11.3. The summed E-state index contributed by atoms with van der Waals surface area (Å²) >= 11 is 0. The minimum atomic E-state index is -0.834. The molecule has 0 fully saturated rings. The molecule has 2 N–H and O–H groups in total. The van der Waals surface area contributed by atoms with Gasteiger partial charge in [-0.05, 0) is 38.5 Å². The standard InChI is InChI=1S/C14H18N2O2/c1-4-14(3,18)9-16-13-7-11(10(2)17)5-6-12(13)8-15/h5-7,16,18H,4,9H2,1-3H3. The van der Waals surface area contributed by atoms with Gasteiger partial charge in [-0.1, -0.05) is 6.92 Å². The molecular formula is C14H18N2O2. The van der Waals surface area contributed by atoms with E-state index in [1.165, 1.54) is 6.92 Å². The van der Waals surface area contributed by atoms with E-state index in [1.54, 1.807) is 25.1 Å². The molecule has 0 aliphatic heterocycles. The zero-order valence-electron chi connectivity index (χ0n) is 10.9. The number of carbonyl (C=O) groups is 1. The second kappa shape index (κ2) is 5.65. The molecule has 0 aromatic heterocycles. The molecular weight excluding hydrogens is 228 g/mol. The van der Waals surface area contributed by atoms with Gasteiger partial charge in [0.05, 0.1) is 16.9 Å².